The van der Waals surface area contributed by atoms with Crippen molar-refractivity contribution in [2.75, 3.05) is 6.61 Å². The molecule has 27 heavy (non-hydrogen) atoms. The van der Waals surface area contributed by atoms with Crippen LogP contribution in [0.25, 0.3) is 10.8 Å². The average molecular weight is 371 g/mol. The number of carbonyl (C=O) groups is 2. The molecule has 1 aromatic carbocycles. The minimum absolute atomic E-state index is 0.0510. The quantitative estimate of drug-likeness (QED) is 0.755. The predicted molar refractivity (Wildman–Crippen MR) is 101 cm³/mol. The van der Waals surface area contributed by atoms with Crippen molar-refractivity contribution in [3.63, 3.8) is 0 Å². The first-order valence-corrected chi connectivity index (χ1v) is 9.53. The summed E-state index contributed by atoms with van der Waals surface area (Å²) in [7, 11) is 0. The molecule has 1 aromatic heterocycles. The zero-order chi connectivity index (χ0) is 19.2. The monoisotopic (exact) mass is 371 g/mol. The molecule has 1 heterocycles. The lowest BCUT2D eigenvalue weighted by Crippen LogP contribution is -2.30. The van der Waals surface area contributed by atoms with E-state index in [4.69, 9.17) is 4.74 Å². The highest BCUT2D eigenvalue weighted by molar-refractivity contribution is 5.85. The molecule has 1 amide bonds. The lowest BCUT2D eigenvalue weighted by molar-refractivity contribution is -0.144. The van der Waals surface area contributed by atoms with Gasteiger partial charge in [-0.15, -0.1) is 0 Å². The Morgan fingerprint density at radius 2 is 1.89 bits per heavy atom. The van der Waals surface area contributed by atoms with E-state index in [9.17, 15) is 14.4 Å². The number of ether oxygens (including phenoxy) is 1. The Bertz CT molecular complexity index is 884. The first kappa shape index (κ1) is 19.1. The summed E-state index contributed by atoms with van der Waals surface area (Å²) in [4.78, 5) is 36.2. The summed E-state index contributed by atoms with van der Waals surface area (Å²) in [6, 6.07) is 7.47. The minimum atomic E-state index is -0.383. The van der Waals surface area contributed by atoms with E-state index in [1.165, 1.54) is 0 Å². The van der Waals surface area contributed by atoms with Gasteiger partial charge in [0, 0.05) is 11.8 Å². The molecule has 0 bridgehead atoms. The minimum Gasteiger partial charge on any atom is -0.466 e. The second-order valence-corrected chi connectivity index (χ2v) is 6.76. The summed E-state index contributed by atoms with van der Waals surface area (Å²) in [6.07, 6.45) is 4.23. The number of rotatable bonds is 7. The van der Waals surface area contributed by atoms with Crippen LogP contribution in [0.15, 0.2) is 29.1 Å². The molecule has 0 unspecified atom stereocenters. The number of esters is 1. The highest BCUT2D eigenvalue weighted by Gasteiger charge is 2.21. The summed E-state index contributed by atoms with van der Waals surface area (Å²) in [5, 5.41) is 8.75. The van der Waals surface area contributed by atoms with Gasteiger partial charge < -0.3 is 10.1 Å². The van der Waals surface area contributed by atoms with Crippen LogP contribution in [0.1, 0.15) is 57.2 Å². The Kier molecular flexibility index (Phi) is 6.21. The molecule has 0 radical (unpaired) electrons. The van der Waals surface area contributed by atoms with Gasteiger partial charge in [0.05, 0.1) is 36.7 Å². The Morgan fingerprint density at radius 3 is 2.59 bits per heavy atom. The van der Waals surface area contributed by atoms with Gasteiger partial charge in [-0.2, -0.15) is 5.10 Å². The molecule has 2 aromatic rings. The molecular weight excluding hydrogens is 346 g/mol. The SMILES string of the molecule is CCOC(=O)CCC(=O)NCc1nn(C2CCCC2)c(=O)c2ccccc12. The number of aromatic nitrogens is 2. The molecule has 1 aliphatic carbocycles. The molecule has 7 nitrogen and oxygen atoms in total. The number of hydrogen-bond donors (Lipinski definition) is 1. The molecule has 0 spiro atoms. The lowest BCUT2D eigenvalue weighted by Gasteiger charge is -2.16. The standard InChI is InChI=1S/C20H25N3O4/c1-2-27-19(25)12-11-18(24)21-13-17-15-9-5-6-10-16(15)20(26)23(22-17)14-7-3-4-8-14/h5-6,9-10,14H,2-4,7-8,11-13H2,1H3,(H,21,24). The molecule has 3 rings (SSSR count). The van der Waals surface area contributed by atoms with Crippen LogP contribution in [0, 0.1) is 0 Å². The fourth-order valence-corrected chi connectivity index (χ4v) is 3.52. The highest BCUT2D eigenvalue weighted by Crippen LogP contribution is 2.28. The van der Waals surface area contributed by atoms with Gasteiger partial charge in [0.1, 0.15) is 0 Å². The third-order valence-electron chi connectivity index (χ3n) is 4.89. The molecule has 0 atom stereocenters. The van der Waals surface area contributed by atoms with Crippen molar-refractivity contribution >= 4 is 22.6 Å². The van der Waals surface area contributed by atoms with Crippen molar-refractivity contribution in [2.45, 2.75) is 58.0 Å². The van der Waals surface area contributed by atoms with Crippen LogP contribution >= 0.6 is 0 Å². The number of amides is 1. The molecule has 1 saturated carbocycles. The Balaban J connectivity index is 1.77. The number of hydrogen-bond acceptors (Lipinski definition) is 5. The van der Waals surface area contributed by atoms with Crippen LogP contribution < -0.4 is 10.9 Å². The second kappa shape index (κ2) is 8.79. The molecular formula is C20H25N3O4. The van der Waals surface area contributed by atoms with Crippen molar-refractivity contribution in [3.05, 3.63) is 40.3 Å². The van der Waals surface area contributed by atoms with Crippen molar-refractivity contribution in [3.8, 4) is 0 Å². The van der Waals surface area contributed by atoms with Crippen LogP contribution in [-0.4, -0.2) is 28.3 Å². The van der Waals surface area contributed by atoms with Gasteiger partial charge in [-0.25, -0.2) is 4.68 Å². The van der Waals surface area contributed by atoms with Gasteiger partial charge in [0.2, 0.25) is 5.91 Å². The van der Waals surface area contributed by atoms with Gasteiger partial charge in [-0.1, -0.05) is 31.0 Å². The van der Waals surface area contributed by atoms with E-state index < -0.39 is 0 Å². The third kappa shape index (κ3) is 4.53. The van der Waals surface area contributed by atoms with E-state index in [-0.39, 0.29) is 42.9 Å². The normalized spacial score (nSPS) is 14.4. The van der Waals surface area contributed by atoms with Crippen LogP contribution in [0.5, 0.6) is 0 Å². The van der Waals surface area contributed by atoms with E-state index in [1.807, 2.05) is 18.2 Å². The Morgan fingerprint density at radius 1 is 1.19 bits per heavy atom. The topological polar surface area (TPSA) is 90.3 Å². The van der Waals surface area contributed by atoms with Crippen molar-refractivity contribution in [2.24, 2.45) is 0 Å². The zero-order valence-corrected chi connectivity index (χ0v) is 15.6. The van der Waals surface area contributed by atoms with Crippen molar-refractivity contribution in [1.82, 2.24) is 15.1 Å². The molecule has 0 aliphatic heterocycles. The van der Waals surface area contributed by atoms with Gasteiger partial charge in [0.25, 0.3) is 5.56 Å². The van der Waals surface area contributed by atoms with Crippen molar-refractivity contribution < 1.29 is 14.3 Å². The summed E-state index contributed by atoms with van der Waals surface area (Å²) in [6.45, 7) is 2.25. The molecule has 7 heteroatoms. The van der Waals surface area contributed by atoms with E-state index in [0.717, 1.165) is 31.1 Å². The summed E-state index contributed by atoms with van der Waals surface area (Å²) in [5.74, 6) is -0.626. The zero-order valence-electron chi connectivity index (χ0n) is 15.6. The highest BCUT2D eigenvalue weighted by atomic mass is 16.5. The fourth-order valence-electron chi connectivity index (χ4n) is 3.52. The number of nitrogens with one attached hydrogen (secondary N) is 1. The van der Waals surface area contributed by atoms with E-state index in [1.54, 1.807) is 17.7 Å². The maximum atomic E-state index is 12.8. The maximum Gasteiger partial charge on any atom is 0.306 e. The maximum absolute atomic E-state index is 12.8. The second-order valence-electron chi connectivity index (χ2n) is 6.76. The number of benzene rings is 1. The summed E-state index contributed by atoms with van der Waals surface area (Å²) < 4.78 is 6.42. The van der Waals surface area contributed by atoms with Crippen LogP contribution in [-0.2, 0) is 20.9 Å². The molecule has 0 saturated heterocycles. The third-order valence-corrected chi connectivity index (χ3v) is 4.89. The smallest absolute Gasteiger partial charge is 0.306 e. The fraction of sp³-hybridized carbons (Fsp3) is 0.500. The number of nitrogens with zero attached hydrogens (tertiary/aromatic N) is 2. The van der Waals surface area contributed by atoms with Gasteiger partial charge >= 0.3 is 5.97 Å². The first-order valence-electron chi connectivity index (χ1n) is 9.53. The predicted octanol–water partition coefficient (Wildman–Crippen LogP) is 2.47. The van der Waals surface area contributed by atoms with Gasteiger partial charge in [-0.3, -0.25) is 14.4 Å². The molecule has 1 N–H and O–H groups in total. The summed E-state index contributed by atoms with van der Waals surface area (Å²) in [5.41, 5.74) is 0.594. The largest absolute Gasteiger partial charge is 0.466 e. The van der Waals surface area contributed by atoms with E-state index in [2.05, 4.69) is 10.4 Å². The van der Waals surface area contributed by atoms with Crippen LogP contribution in [0.3, 0.4) is 0 Å². The van der Waals surface area contributed by atoms with Gasteiger partial charge in [0.15, 0.2) is 0 Å². The molecule has 1 fully saturated rings. The summed E-state index contributed by atoms with van der Waals surface area (Å²) >= 11 is 0. The molecule has 1 aliphatic rings. The van der Waals surface area contributed by atoms with Gasteiger partial charge in [-0.05, 0) is 25.8 Å². The first-order chi connectivity index (χ1) is 13.1. The Hall–Kier alpha value is -2.70. The number of fused-ring (bicyclic) bond motifs is 1. The van der Waals surface area contributed by atoms with E-state index >= 15 is 0 Å². The number of carbonyl (C=O) groups excluding carboxylic acids is 2. The Labute approximate surface area is 157 Å². The lowest BCUT2D eigenvalue weighted by atomic mass is 10.1. The average Bonchev–Trinajstić information content (AvgIpc) is 3.21. The van der Waals surface area contributed by atoms with Crippen LogP contribution in [0.4, 0.5) is 0 Å². The van der Waals surface area contributed by atoms with E-state index in [0.29, 0.717) is 17.7 Å². The van der Waals surface area contributed by atoms with Crippen molar-refractivity contribution in [1.29, 1.82) is 0 Å². The molecule has 144 valence electrons. The van der Waals surface area contributed by atoms with Crippen LogP contribution in [0.2, 0.25) is 0 Å².